The zero-order valence-corrected chi connectivity index (χ0v) is 11.2. The van der Waals surface area contributed by atoms with Crippen molar-refractivity contribution < 1.29 is 17.9 Å². The van der Waals surface area contributed by atoms with Gasteiger partial charge in [0.25, 0.3) is 10.0 Å². The number of nitrogens with zero attached hydrogens (tertiary/aromatic N) is 1. The lowest BCUT2D eigenvalue weighted by molar-refractivity contribution is 0.236. The predicted octanol–water partition coefficient (Wildman–Crippen LogP) is 1.02. The molecule has 2 aromatic rings. The van der Waals surface area contributed by atoms with Gasteiger partial charge in [-0.25, -0.2) is 18.1 Å². The molecule has 0 saturated heterocycles. The van der Waals surface area contributed by atoms with E-state index in [-0.39, 0.29) is 24.0 Å². The number of aliphatic hydroxyl groups is 1. The Morgan fingerprint density at radius 3 is 2.83 bits per heavy atom. The maximum absolute atomic E-state index is 11.8. The minimum atomic E-state index is -3.70. The summed E-state index contributed by atoms with van der Waals surface area (Å²) in [4.78, 5) is 4.15. The molecule has 0 spiro atoms. The Labute approximate surface area is 108 Å². The largest absolute Gasteiger partial charge is 0.446 e. The van der Waals surface area contributed by atoms with Crippen molar-refractivity contribution in [2.45, 2.75) is 25.2 Å². The molecule has 2 aromatic heterocycles. The molecule has 98 valence electrons. The molecule has 0 saturated carbocycles. The van der Waals surface area contributed by atoms with E-state index in [1.807, 2.05) is 12.3 Å². The van der Waals surface area contributed by atoms with Gasteiger partial charge in [-0.1, -0.05) is 0 Å². The molecule has 0 amide bonds. The predicted molar refractivity (Wildman–Crippen MR) is 65.5 cm³/mol. The zero-order valence-electron chi connectivity index (χ0n) is 9.58. The van der Waals surface area contributed by atoms with Gasteiger partial charge in [0, 0.05) is 11.1 Å². The summed E-state index contributed by atoms with van der Waals surface area (Å²) in [5.74, 6) is 0.209. The van der Waals surface area contributed by atoms with Gasteiger partial charge in [-0.2, -0.15) is 0 Å². The van der Waals surface area contributed by atoms with Crippen molar-refractivity contribution in [3.05, 3.63) is 34.0 Å². The molecule has 0 aliphatic rings. The van der Waals surface area contributed by atoms with Crippen LogP contribution in [0.15, 0.2) is 27.0 Å². The molecular formula is C10H12N2O4S2. The molecule has 18 heavy (non-hydrogen) atoms. The lowest BCUT2D eigenvalue weighted by atomic mass is 10.5. The first kappa shape index (κ1) is 13.2. The topological polar surface area (TPSA) is 92.4 Å². The van der Waals surface area contributed by atoms with Gasteiger partial charge in [-0.3, -0.25) is 0 Å². The summed E-state index contributed by atoms with van der Waals surface area (Å²) >= 11 is 1.39. The molecule has 2 N–H and O–H groups in total. The summed E-state index contributed by atoms with van der Waals surface area (Å²) in [6.45, 7) is 1.63. The van der Waals surface area contributed by atoms with Crippen LogP contribution in [0.25, 0.3) is 0 Å². The number of nitrogens with one attached hydrogen (secondary N) is 1. The van der Waals surface area contributed by atoms with Gasteiger partial charge >= 0.3 is 0 Å². The standard InChI is InChI=1S/C10H12N2O4S2/c1-7-6-17-9(12-7)4-11-18(14,15)10-3-2-8(5-13)16-10/h2-3,6,11,13H,4-5H2,1H3. The summed E-state index contributed by atoms with van der Waals surface area (Å²) in [6, 6.07) is 2.73. The van der Waals surface area contributed by atoms with Crippen LogP contribution in [0.2, 0.25) is 0 Å². The van der Waals surface area contributed by atoms with E-state index in [0.717, 1.165) is 5.69 Å². The smallest absolute Gasteiger partial charge is 0.274 e. The lowest BCUT2D eigenvalue weighted by Gasteiger charge is -2.01. The molecule has 0 aliphatic heterocycles. The normalized spacial score (nSPS) is 11.9. The molecule has 0 aromatic carbocycles. The summed E-state index contributed by atoms with van der Waals surface area (Å²) in [6.07, 6.45) is 0. The monoisotopic (exact) mass is 288 g/mol. The highest BCUT2D eigenvalue weighted by Gasteiger charge is 2.18. The first-order chi connectivity index (χ1) is 8.51. The number of thiazole rings is 1. The summed E-state index contributed by atoms with van der Waals surface area (Å²) < 4.78 is 31.0. The minimum absolute atomic E-state index is 0.121. The quantitative estimate of drug-likeness (QED) is 0.856. The van der Waals surface area contributed by atoms with Crippen LogP contribution < -0.4 is 4.72 Å². The molecule has 2 rings (SSSR count). The number of hydrogen-bond donors (Lipinski definition) is 2. The number of rotatable bonds is 5. The van der Waals surface area contributed by atoms with Gasteiger partial charge in [0.15, 0.2) is 0 Å². The van der Waals surface area contributed by atoms with Gasteiger partial charge in [0.05, 0.1) is 6.54 Å². The summed E-state index contributed by atoms with van der Waals surface area (Å²) in [5.41, 5.74) is 0.856. The fraction of sp³-hybridized carbons (Fsp3) is 0.300. The fourth-order valence-corrected chi connectivity index (χ4v) is 3.04. The van der Waals surface area contributed by atoms with E-state index in [4.69, 9.17) is 9.52 Å². The van der Waals surface area contributed by atoms with Crippen molar-refractivity contribution in [2.24, 2.45) is 0 Å². The molecule has 0 atom stereocenters. The van der Waals surface area contributed by atoms with Gasteiger partial charge in [0.1, 0.15) is 17.4 Å². The van der Waals surface area contributed by atoms with Crippen LogP contribution >= 0.6 is 11.3 Å². The minimum Gasteiger partial charge on any atom is -0.446 e. The maximum Gasteiger partial charge on any atom is 0.274 e. The number of aryl methyl sites for hydroxylation is 1. The Kier molecular flexibility index (Phi) is 3.81. The highest BCUT2D eigenvalue weighted by Crippen LogP contribution is 2.15. The third kappa shape index (κ3) is 2.96. The molecule has 8 heteroatoms. The zero-order chi connectivity index (χ0) is 13.2. The maximum atomic E-state index is 11.8. The van der Waals surface area contributed by atoms with Crippen LogP contribution in [0.3, 0.4) is 0 Å². The van der Waals surface area contributed by atoms with E-state index >= 15 is 0 Å². The van der Waals surface area contributed by atoms with Gasteiger partial charge in [0.2, 0.25) is 5.09 Å². The molecule has 2 heterocycles. The number of aromatic nitrogens is 1. The number of sulfonamides is 1. The SMILES string of the molecule is Cc1csc(CNS(=O)(=O)c2ccc(CO)o2)n1. The van der Waals surface area contributed by atoms with Crippen molar-refractivity contribution in [1.82, 2.24) is 9.71 Å². The second-order valence-corrected chi connectivity index (χ2v) is 6.23. The lowest BCUT2D eigenvalue weighted by Crippen LogP contribution is -2.22. The first-order valence-electron chi connectivity index (χ1n) is 5.11. The van der Waals surface area contributed by atoms with Gasteiger partial charge in [-0.05, 0) is 19.1 Å². The summed E-state index contributed by atoms with van der Waals surface area (Å²) in [5, 5.41) is 11.1. The van der Waals surface area contributed by atoms with Crippen LogP contribution in [0.4, 0.5) is 0 Å². The summed E-state index contributed by atoms with van der Waals surface area (Å²) in [7, 11) is -3.70. The third-order valence-corrected chi connectivity index (χ3v) is 4.38. The van der Waals surface area contributed by atoms with Gasteiger partial charge < -0.3 is 9.52 Å². The van der Waals surface area contributed by atoms with Crippen molar-refractivity contribution >= 4 is 21.4 Å². The Hall–Kier alpha value is -1.22. The van der Waals surface area contributed by atoms with Crippen LogP contribution in [0.1, 0.15) is 16.5 Å². The number of hydrogen-bond acceptors (Lipinski definition) is 6. The molecule has 0 aliphatic carbocycles. The van der Waals surface area contributed by atoms with E-state index in [1.54, 1.807) is 0 Å². The highest BCUT2D eigenvalue weighted by molar-refractivity contribution is 7.89. The van der Waals surface area contributed by atoms with E-state index in [2.05, 4.69) is 9.71 Å². The van der Waals surface area contributed by atoms with E-state index in [1.165, 1.54) is 23.5 Å². The second-order valence-electron chi connectivity index (χ2n) is 3.59. The Bertz CT molecular complexity index is 630. The molecule has 0 fully saturated rings. The van der Waals surface area contributed by atoms with Crippen molar-refractivity contribution in [2.75, 3.05) is 0 Å². The Morgan fingerprint density at radius 2 is 2.28 bits per heavy atom. The Morgan fingerprint density at radius 1 is 1.50 bits per heavy atom. The molecule has 0 bridgehead atoms. The van der Waals surface area contributed by atoms with Crippen molar-refractivity contribution in [3.63, 3.8) is 0 Å². The first-order valence-corrected chi connectivity index (χ1v) is 7.48. The molecule has 0 radical (unpaired) electrons. The fourth-order valence-electron chi connectivity index (χ4n) is 1.30. The van der Waals surface area contributed by atoms with Crippen LogP contribution in [-0.2, 0) is 23.2 Å². The molecule has 0 unspecified atom stereocenters. The highest BCUT2D eigenvalue weighted by atomic mass is 32.2. The van der Waals surface area contributed by atoms with E-state index < -0.39 is 10.0 Å². The average molecular weight is 288 g/mol. The van der Waals surface area contributed by atoms with E-state index in [0.29, 0.717) is 5.01 Å². The Balaban J connectivity index is 2.07. The van der Waals surface area contributed by atoms with Gasteiger partial charge in [-0.15, -0.1) is 11.3 Å². The molecule has 6 nitrogen and oxygen atoms in total. The third-order valence-electron chi connectivity index (χ3n) is 2.14. The second kappa shape index (κ2) is 5.19. The van der Waals surface area contributed by atoms with Crippen molar-refractivity contribution in [3.8, 4) is 0 Å². The van der Waals surface area contributed by atoms with Crippen LogP contribution in [0.5, 0.6) is 0 Å². The molecular weight excluding hydrogens is 276 g/mol. The number of aliphatic hydroxyl groups excluding tert-OH is 1. The van der Waals surface area contributed by atoms with Crippen molar-refractivity contribution in [1.29, 1.82) is 0 Å². The average Bonchev–Trinajstić information content (AvgIpc) is 2.95. The number of furan rings is 1. The van der Waals surface area contributed by atoms with Crippen LogP contribution in [-0.4, -0.2) is 18.5 Å². The van der Waals surface area contributed by atoms with Crippen LogP contribution in [0, 0.1) is 6.92 Å². The van der Waals surface area contributed by atoms with E-state index in [9.17, 15) is 8.42 Å².